The summed E-state index contributed by atoms with van der Waals surface area (Å²) in [7, 11) is 0. The second-order valence-corrected chi connectivity index (χ2v) is 9.96. The second-order valence-electron chi connectivity index (χ2n) is 9.17. The van der Waals surface area contributed by atoms with E-state index in [0.29, 0.717) is 23.8 Å². The standard InChI is InChI=1S/C24H24N6O2S/c1-14-9-21(33-28-14)29-11-16-4-5-17(12-29)22(16)25-24-26-23-18(3-2-8-30(23)27-24)15-6-7-19-20(10-15)32-13-31-19/h2-3,6-10,16-17,22H,4-5,11-13H2,1H3,(H,25,27). The topological polar surface area (TPSA) is 76.8 Å². The molecule has 7 rings (SSSR count). The van der Waals surface area contributed by atoms with Crippen molar-refractivity contribution in [1.82, 2.24) is 19.0 Å². The third-order valence-electron chi connectivity index (χ3n) is 7.10. The highest BCUT2D eigenvalue weighted by atomic mass is 32.1. The van der Waals surface area contributed by atoms with E-state index in [9.17, 15) is 0 Å². The minimum atomic E-state index is 0.270. The first-order valence-corrected chi connectivity index (χ1v) is 12.2. The molecule has 1 saturated carbocycles. The molecule has 4 aromatic rings. The van der Waals surface area contributed by atoms with Gasteiger partial charge in [0.2, 0.25) is 12.7 Å². The van der Waals surface area contributed by atoms with E-state index in [1.807, 2.05) is 35.0 Å². The van der Waals surface area contributed by atoms with E-state index in [4.69, 9.17) is 19.6 Å². The van der Waals surface area contributed by atoms with Crippen LogP contribution in [0.4, 0.5) is 10.9 Å². The molecule has 0 radical (unpaired) electrons. The molecule has 1 aromatic carbocycles. The van der Waals surface area contributed by atoms with Crippen LogP contribution >= 0.6 is 11.5 Å². The highest BCUT2D eigenvalue weighted by molar-refractivity contribution is 7.10. The Kier molecular flexibility index (Phi) is 4.27. The molecule has 3 aromatic heterocycles. The van der Waals surface area contributed by atoms with Crippen LogP contribution in [-0.4, -0.2) is 44.9 Å². The minimum Gasteiger partial charge on any atom is -0.454 e. The van der Waals surface area contributed by atoms with Crippen molar-refractivity contribution in [2.75, 3.05) is 30.1 Å². The molecular formula is C24H24N6O2S. The average Bonchev–Trinajstić information content (AvgIpc) is 3.59. The van der Waals surface area contributed by atoms with Crippen LogP contribution in [0, 0.1) is 18.8 Å². The van der Waals surface area contributed by atoms with Crippen molar-refractivity contribution >= 4 is 28.1 Å². The molecule has 5 heterocycles. The maximum atomic E-state index is 5.57. The van der Waals surface area contributed by atoms with Crippen molar-refractivity contribution in [3.63, 3.8) is 0 Å². The molecule has 2 unspecified atom stereocenters. The van der Waals surface area contributed by atoms with Crippen molar-refractivity contribution in [3.05, 3.63) is 48.3 Å². The van der Waals surface area contributed by atoms with E-state index >= 15 is 0 Å². The maximum Gasteiger partial charge on any atom is 0.243 e. The van der Waals surface area contributed by atoms with E-state index < -0.39 is 0 Å². The Morgan fingerprint density at radius 3 is 2.73 bits per heavy atom. The number of hydrogen-bond acceptors (Lipinski definition) is 8. The van der Waals surface area contributed by atoms with Gasteiger partial charge in [-0.15, -0.1) is 5.10 Å². The van der Waals surface area contributed by atoms with Gasteiger partial charge in [0.1, 0.15) is 5.00 Å². The third-order valence-corrected chi connectivity index (χ3v) is 8.05. The van der Waals surface area contributed by atoms with Gasteiger partial charge < -0.3 is 19.7 Å². The first-order valence-electron chi connectivity index (χ1n) is 11.4. The molecule has 2 aliphatic heterocycles. The summed E-state index contributed by atoms with van der Waals surface area (Å²) in [5.74, 6) is 3.43. The predicted molar refractivity (Wildman–Crippen MR) is 127 cm³/mol. The number of ether oxygens (including phenoxy) is 2. The molecular weight excluding hydrogens is 436 g/mol. The minimum absolute atomic E-state index is 0.270. The Balaban J connectivity index is 1.15. The van der Waals surface area contributed by atoms with Crippen molar-refractivity contribution < 1.29 is 9.47 Å². The largest absolute Gasteiger partial charge is 0.454 e. The van der Waals surface area contributed by atoms with E-state index in [0.717, 1.165) is 47.1 Å². The van der Waals surface area contributed by atoms with Gasteiger partial charge in [-0.2, -0.15) is 9.36 Å². The number of aryl methyl sites for hydroxylation is 1. The number of anilines is 2. The summed E-state index contributed by atoms with van der Waals surface area (Å²) in [6.45, 7) is 4.46. The van der Waals surface area contributed by atoms with Crippen LogP contribution in [0.1, 0.15) is 18.5 Å². The molecule has 2 bridgehead atoms. The first-order chi connectivity index (χ1) is 16.2. The fourth-order valence-electron chi connectivity index (χ4n) is 5.54. The van der Waals surface area contributed by atoms with Crippen molar-refractivity contribution in [3.8, 4) is 22.6 Å². The van der Waals surface area contributed by atoms with Crippen molar-refractivity contribution in [2.45, 2.75) is 25.8 Å². The van der Waals surface area contributed by atoms with Gasteiger partial charge in [-0.3, -0.25) is 0 Å². The second kappa shape index (κ2) is 7.34. The van der Waals surface area contributed by atoms with Crippen LogP contribution in [0.25, 0.3) is 16.8 Å². The van der Waals surface area contributed by atoms with Crippen LogP contribution < -0.4 is 19.7 Å². The van der Waals surface area contributed by atoms with Crippen LogP contribution in [0.2, 0.25) is 0 Å². The summed E-state index contributed by atoms with van der Waals surface area (Å²) in [6.07, 6.45) is 4.44. The monoisotopic (exact) mass is 460 g/mol. The molecule has 2 atom stereocenters. The van der Waals surface area contributed by atoms with Gasteiger partial charge in [0.05, 0.1) is 5.69 Å². The maximum absolute atomic E-state index is 5.57. The molecule has 33 heavy (non-hydrogen) atoms. The van der Waals surface area contributed by atoms with E-state index in [2.05, 4.69) is 33.6 Å². The fourth-order valence-corrected chi connectivity index (χ4v) is 6.32. The Morgan fingerprint density at radius 2 is 1.91 bits per heavy atom. The highest BCUT2D eigenvalue weighted by Crippen LogP contribution is 2.41. The van der Waals surface area contributed by atoms with Crippen LogP contribution in [-0.2, 0) is 0 Å². The lowest BCUT2D eigenvalue weighted by Gasteiger charge is -2.38. The summed E-state index contributed by atoms with van der Waals surface area (Å²) in [5.41, 5.74) is 4.00. The Morgan fingerprint density at radius 1 is 1.06 bits per heavy atom. The van der Waals surface area contributed by atoms with Gasteiger partial charge >= 0.3 is 0 Å². The van der Waals surface area contributed by atoms with Gasteiger partial charge in [-0.25, -0.2) is 4.52 Å². The lowest BCUT2D eigenvalue weighted by atomic mass is 9.92. The smallest absolute Gasteiger partial charge is 0.243 e. The summed E-state index contributed by atoms with van der Waals surface area (Å²) >= 11 is 1.61. The average molecular weight is 461 g/mol. The van der Waals surface area contributed by atoms with E-state index in [-0.39, 0.29) is 6.79 Å². The van der Waals surface area contributed by atoms with Gasteiger partial charge in [0, 0.05) is 30.9 Å². The number of hydrogen-bond donors (Lipinski definition) is 1. The zero-order valence-electron chi connectivity index (χ0n) is 18.3. The zero-order valence-corrected chi connectivity index (χ0v) is 19.1. The molecule has 9 heteroatoms. The molecule has 3 aliphatic rings. The molecule has 168 valence electrons. The normalized spacial score (nSPS) is 23.4. The molecule has 1 N–H and O–H groups in total. The highest BCUT2D eigenvalue weighted by Gasteiger charge is 2.43. The third kappa shape index (κ3) is 3.21. The quantitative estimate of drug-likeness (QED) is 0.489. The summed E-state index contributed by atoms with van der Waals surface area (Å²) in [5, 5.41) is 9.76. The summed E-state index contributed by atoms with van der Waals surface area (Å²) in [4.78, 5) is 7.41. The number of nitrogens with one attached hydrogen (secondary N) is 1. The number of piperidine rings is 1. The first kappa shape index (κ1) is 19.2. The van der Waals surface area contributed by atoms with Gasteiger partial charge in [-0.1, -0.05) is 6.07 Å². The Bertz CT molecular complexity index is 1340. The molecule has 1 aliphatic carbocycles. The zero-order chi connectivity index (χ0) is 21.9. The fraction of sp³-hybridized carbons (Fsp3) is 0.375. The van der Waals surface area contributed by atoms with E-state index in [1.165, 1.54) is 17.8 Å². The Labute approximate surface area is 195 Å². The molecule has 0 amide bonds. The SMILES string of the molecule is Cc1cc(N2CC3CCC(C2)C3Nc2nc3c(-c4ccc5c(c4)OCO5)cccn3n2)sn1. The summed E-state index contributed by atoms with van der Waals surface area (Å²) in [6, 6.07) is 12.7. The van der Waals surface area contributed by atoms with Gasteiger partial charge in [0.25, 0.3) is 0 Å². The number of benzene rings is 1. The molecule has 1 saturated heterocycles. The van der Waals surface area contributed by atoms with Crippen LogP contribution in [0.15, 0.2) is 42.6 Å². The molecule has 8 nitrogen and oxygen atoms in total. The van der Waals surface area contributed by atoms with Crippen molar-refractivity contribution in [2.24, 2.45) is 11.8 Å². The number of rotatable bonds is 4. The number of aromatic nitrogens is 4. The van der Waals surface area contributed by atoms with E-state index in [1.54, 1.807) is 11.5 Å². The van der Waals surface area contributed by atoms with Gasteiger partial charge in [-0.05, 0) is 79.0 Å². The Hall–Kier alpha value is -3.33. The number of nitrogens with zero attached hydrogens (tertiary/aromatic N) is 5. The summed E-state index contributed by atoms with van der Waals surface area (Å²) < 4.78 is 17.4. The lowest BCUT2D eigenvalue weighted by Crippen LogP contribution is -2.48. The van der Waals surface area contributed by atoms with Crippen molar-refractivity contribution in [1.29, 1.82) is 0 Å². The molecule has 2 fully saturated rings. The predicted octanol–water partition coefficient (Wildman–Crippen LogP) is 4.22. The lowest BCUT2D eigenvalue weighted by molar-refractivity contribution is 0.174. The number of pyridine rings is 1. The number of fused-ring (bicyclic) bond motifs is 4. The van der Waals surface area contributed by atoms with Crippen LogP contribution in [0.5, 0.6) is 11.5 Å². The van der Waals surface area contributed by atoms with Gasteiger partial charge in [0.15, 0.2) is 17.1 Å². The van der Waals surface area contributed by atoms with Crippen LogP contribution in [0.3, 0.4) is 0 Å². The molecule has 0 spiro atoms.